The molecule has 1 heteroatoms. The molecule has 0 aliphatic heterocycles. The Morgan fingerprint density at radius 2 is 1.36 bits per heavy atom. The van der Waals surface area contributed by atoms with E-state index in [1.807, 2.05) is 52.0 Å². The van der Waals surface area contributed by atoms with Gasteiger partial charge in [0.05, 0.1) is 0 Å². The molecule has 0 amide bonds. The fourth-order valence-electron chi connectivity index (χ4n) is 1.76. The van der Waals surface area contributed by atoms with Crippen molar-refractivity contribution in [2.75, 3.05) is 6.61 Å². The third-order valence-corrected chi connectivity index (χ3v) is 3.67. The minimum atomic E-state index is 0.137. The molecule has 0 aromatic carbocycles. The van der Waals surface area contributed by atoms with Crippen molar-refractivity contribution in [2.45, 2.75) is 47.5 Å². The molecule has 0 atom stereocenters. The van der Waals surface area contributed by atoms with E-state index in [2.05, 4.69) is 39.8 Å². The molecule has 0 aliphatic carbocycles. The lowest BCUT2D eigenvalue weighted by Gasteiger charge is -2.12. The van der Waals surface area contributed by atoms with Gasteiger partial charge in [0, 0.05) is 6.61 Å². The summed E-state index contributed by atoms with van der Waals surface area (Å²) < 4.78 is 0. The number of aliphatic hydroxyl groups excluding tert-OH is 1. The second kappa shape index (κ2) is 14.2. The Morgan fingerprint density at radius 3 is 1.84 bits per heavy atom. The smallest absolute Gasteiger partial charge is 0.0465 e. The predicted octanol–water partition coefficient (Wildman–Crippen LogP) is 7.03. The lowest BCUT2D eigenvalue weighted by molar-refractivity contribution is 0.302. The molecule has 0 saturated heterocycles. The largest absolute Gasteiger partial charge is 0.396 e. The van der Waals surface area contributed by atoms with E-state index in [1.54, 1.807) is 0 Å². The minimum Gasteiger partial charge on any atom is -0.396 e. The molecule has 0 heterocycles. The molecule has 0 aromatic heterocycles. The monoisotopic (exact) mass is 340 g/mol. The first-order chi connectivity index (χ1) is 11.7. The molecular weight excluding hydrogens is 304 g/mol. The Kier molecular flexibility index (Phi) is 14.3. The summed E-state index contributed by atoms with van der Waals surface area (Å²) in [5.41, 5.74) is 6.52. The highest BCUT2D eigenvalue weighted by Gasteiger charge is 2.05. The standard InChI is InChI=1S/C22H30O.C2H6/c1-9-16(2)12-13-17(3)19(5)15-20(6)22(8)21(7)18(4)11-10-14-23;1-2/h11-13,15,23H,2-3,5,7-10,14H2,1,4,6H3;1-2H3/b13-12-,18-11-,20-15-;. The van der Waals surface area contributed by atoms with Crippen LogP contribution in [0.5, 0.6) is 0 Å². The maximum absolute atomic E-state index is 8.89. The van der Waals surface area contributed by atoms with E-state index in [-0.39, 0.29) is 6.61 Å². The van der Waals surface area contributed by atoms with Gasteiger partial charge in [-0.2, -0.15) is 0 Å². The number of allylic oxidation sites excluding steroid dienone is 10. The van der Waals surface area contributed by atoms with Crippen LogP contribution in [0.4, 0.5) is 0 Å². The van der Waals surface area contributed by atoms with E-state index >= 15 is 0 Å². The molecule has 0 spiro atoms. The molecule has 0 saturated carbocycles. The third-order valence-electron chi connectivity index (χ3n) is 3.67. The van der Waals surface area contributed by atoms with E-state index in [0.717, 1.165) is 45.4 Å². The van der Waals surface area contributed by atoms with Gasteiger partial charge in [0.15, 0.2) is 0 Å². The highest BCUT2D eigenvalue weighted by Crippen LogP contribution is 2.24. The van der Waals surface area contributed by atoms with Gasteiger partial charge >= 0.3 is 0 Å². The Bertz CT molecular complexity index is 592. The van der Waals surface area contributed by atoms with Crippen molar-refractivity contribution in [2.24, 2.45) is 0 Å². The van der Waals surface area contributed by atoms with Gasteiger partial charge in [-0.1, -0.05) is 83.5 Å². The van der Waals surface area contributed by atoms with Crippen LogP contribution < -0.4 is 0 Å². The lowest BCUT2D eigenvalue weighted by Crippen LogP contribution is -1.93. The lowest BCUT2D eigenvalue weighted by atomic mass is 9.93. The fraction of sp³-hybridized carbons (Fsp3) is 0.333. The van der Waals surface area contributed by atoms with Crippen LogP contribution in [0, 0.1) is 0 Å². The van der Waals surface area contributed by atoms with E-state index in [1.165, 1.54) is 0 Å². The van der Waals surface area contributed by atoms with Crippen molar-refractivity contribution in [1.29, 1.82) is 0 Å². The van der Waals surface area contributed by atoms with Gasteiger partial charge in [-0.25, -0.2) is 0 Å². The van der Waals surface area contributed by atoms with Gasteiger partial charge in [0.2, 0.25) is 0 Å². The van der Waals surface area contributed by atoms with Gasteiger partial charge in [-0.05, 0) is 60.1 Å². The first-order valence-electron chi connectivity index (χ1n) is 8.83. The first-order valence-corrected chi connectivity index (χ1v) is 8.83. The van der Waals surface area contributed by atoms with E-state index < -0.39 is 0 Å². The number of aliphatic hydroxyl groups is 1. The molecule has 0 radical (unpaired) electrons. The molecule has 0 fully saturated rings. The summed E-state index contributed by atoms with van der Waals surface area (Å²) in [5.74, 6) is 0. The zero-order valence-electron chi connectivity index (χ0n) is 16.9. The average molecular weight is 341 g/mol. The Balaban J connectivity index is 0. The summed E-state index contributed by atoms with van der Waals surface area (Å²) in [6.07, 6.45) is 9.37. The molecule has 1 N–H and O–H groups in total. The van der Waals surface area contributed by atoms with Crippen LogP contribution in [0.15, 0.2) is 96.2 Å². The van der Waals surface area contributed by atoms with E-state index in [0.29, 0.717) is 6.42 Å². The normalized spacial score (nSPS) is 11.6. The highest BCUT2D eigenvalue weighted by atomic mass is 16.2. The Labute approximate surface area is 155 Å². The molecular formula is C24H36O. The average Bonchev–Trinajstić information content (AvgIpc) is 2.63. The van der Waals surface area contributed by atoms with Crippen LogP contribution in [0.2, 0.25) is 0 Å². The van der Waals surface area contributed by atoms with Crippen molar-refractivity contribution in [3.8, 4) is 0 Å². The van der Waals surface area contributed by atoms with Crippen LogP contribution in [0.25, 0.3) is 0 Å². The van der Waals surface area contributed by atoms with Crippen molar-refractivity contribution >= 4 is 0 Å². The zero-order valence-corrected chi connectivity index (χ0v) is 16.9. The summed E-state index contributed by atoms with van der Waals surface area (Å²) in [4.78, 5) is 0. The second-order valence-electron chi connectivity index (χ2n) is 5.58. The van der Waals surface area contributed by atoms with Crippen molar-refractivity contribution in [1.82, 2.24) is 0 Å². The molecule has 0 aromatic rings. The van der Waals surface area contributed by atoms with Gasteiger partial charge in [-0.3, -0.25) is 0 Å². The molecule has 1 nitrogen and oxygen atoms in total. The molecule has 0 bridgehead atoms. The van der Waals surface area contributed by atoms with Gasteiger partial charge < -0.3 is 5.11 Å². The van der Waals surface area contributed by atoms with Crippen LogP contribution in [0.1, 0.15) is 47.5 Å². The second-order valence-corrected chi connectivity index (χ2v) is 5.58. The molecule has 138 valence electrons. The van der Waals surface area contributed by atoms with Gasteiger partial charge in [0.1, 0.15) is 0 Å². The zero-order chi connectivity index (χ0) is 20.0. The maximum Gasteiger partial charge on any atom is 0.0465 e. The van der Waals surface area contributed by atoms with Crippen LogP contribution in [-0.4, -0.2) is 11.7 Å². The summed E-state index contributed by atoms with van der Waals surface area (Å²) >= 11 is 0. The summed E-state index contributed by atoms with van der Waals surface area (Å²) in [5, 5.41) is 8.89. The Hall–Kier alpha value is -2.12. The van der Waals surface area contributed by atoms with E-state index in [4.69, 9.17) is 5.11 Å². The number of hydrogen-bond acceptors (Lipinski definition) is 1. The van der Waals surface area contributed by atoms with Crippen molar-refractivity contribution < 1.29 is 5.11 Å². The van der Waals surface area contributed by atoms with Crippen molar-refractivity contribution in [3.05, 3.63) is 96.2 Å². The highest BCUT2D eigenvalue weighted by molar-refractivity contribution is 5.55. The van der Waals surface area contributed by atoms with Crippen LogP contribution in [-0.2, 0) is 0 Å². The quantitative estimate of drug-likeness (QED) is 0.423. The molecule has 0 rings (SSSR count). The predicted molar refractivity (Wildman–Crippen MR) is 116 cm³/mol. The van der Waals surface area contributed by atoms with Gasteiger partial charge in [-0.15, -0.1) is 0 Å². The molecule has 0 aliphatic rings. The molecule has 0 unspecified atom stereocenters. The summed E-state index contributed by atoms with van der Waals surface area (Å²) in [6.45, 7) is 30.4. The maximum atomic E-state index is 8.89. The van der Waals surface area contributed by atoms with Gasteiger partial charge in [0.25, 0.3) is 0 Å². The van der Waals surface area contributed by atoms with Crippen LogP contribution >= 0.6 is 0 Å². The van der Waals surface area contributed by atoms with Crippen molar-refractivity contribution in [3.63, 3.8) is 0 Å². The van der Waals surface area contributed by atoms with E-state index in [9.17, 15) is 0 Å². The first kappa shape index (κ1) is 25.1. The SMILES string of the molecule is C=C(/C=C\C(=C)C(=C)/C=C(/C)C(=C)C(=C)/C(C)=C\CCO)CC.CC. The molecule has 25 heavy (non-hydrogen) atoms. The third kappa shape index (κ3) is 10.4. The summed E-state index contributed by atoms with van der Waals surface area (Å²) in [6, 6.07) is 0. The number of rotatable bonds is 10. The topological polar surface area (TPSA) is 20.2 Å². The summed E-state index contributed by atoms with van der Waals surface area (Å²) in [7, 11) is 0. The minimum absolute atomic E-state index is 0.137. The number of hydrogen-bond donors (Lipinski definition) is 1. The Morgan fingerprint density at radius 1 is 0.840 bits per heavy atom. The van der Waals surface area contributed by atoms with Crippen LogP contribution in [0.3, 0.4) is 0 Å². The fourth-order valence-corrected chi connectivity index (χ4v) is 1.76.